The Bertz CT molecular complexity index is 682. The summed E-state index contributed by atoms with van der Waals surface area (Å²) in [6.45, 7) is 8.02. The highest BCUT2D eigenvalue weighted by Crippen LogP contribution is 2.65. The lowest BCUT2D eigenvalue weighted by Gasteiger charge is -2.57. The Hall–Kier alpha value is -1.13. The lowest BCUT2D eigenvalue weighted by molar-refractivity contribution is -0.0280. The first-order chi connectivity index (χ1) is 12.9. The number of rotatable bonds is 4. The average Bonchev–Trinajstić information content (AvgIpc) is 3.00. The topological polar surface area (TPSA) is 67.8 Å². The number of hydrogen-bond donors (Lipinski definition) is 2. The zero-order valence-corrected chi connectivity index (χ0v) is 17.2. The quantitative estimate of drug-likeness (QED) is 0.336. The van der Waals surface area contributed by atoms with Crippen molar-refractivity contribution in [3.63, 3.8) is 0 Å². The van der Waals surface area contributed by atoms with Gasteiger partial charge < -0.3 is 15.7 Å². The average molecular weight is 373 g/mol. The predicted molar refractivity (Wildman–Crippen MR) is 109 cm³/mol. The molecule has 3 N–H and O–H groups in total. The van der Waals surface area contributed by atoms with Crippen molar-refractivity contribution < 1.29 is 9.94 Å². The van der Waals surface area contributed by atoms with E-state index >= 15 is 0 Å². The lowest BCUT2D eigenvalue weighted by atomic mass is 9.47. The van der Waals surface area contributed by atoms with Crippen molar-refractivity contribution in [2.45, 2.75) is 71.8 Å². The number of fused-ring (bicyclic) bond motifs is 5. The fourth-order valence-corrected chi connectivity index (χ4v) is 7.01. The monoisotopic (exact) mass is 372 g/mol. The molecule has 4 nitrogen and oxygen atoms in total. The Morgan fingerprint density at radius 2 is 1.96 bits per heavy atom. The number of nitrogens with zero attached hydrogens (tertiary/aromatic N) is 1. The minimum Gasteiger partial charge on any atom is -0.394 e. The van der Waals surface area contributed by atoms with Crippen molar-refractivity contribution >= 4 is 5.71 Å². The van der Waals surface area contributed by atoms with Gasteiger partial charge in [0.25, 0.3) is 0 Å². The molecule has 150 valence electrons. The van der Waals surface area contributed by atoms with E-state index in [-0.39, 0.29) is 11.5 Å². The highest BCUT2D eigenvalue weighted by Gasteiger charge is 2.56. The Balaban J connectivity index is 1.57. The third-order valence-electron chi connectivity index (χ3n) is 8.46. The van der Waals surface area contributed by atoms with Gasteiger partial charge in [-0.05, 0) is 86.0 Å². The van der Waals surface area contributed by atoms with Crippen molar-refractivity contribution in [3.05, 3.63) is 23.3 Å². The Morgan fingerprint density at radius 3 is 2.74 bits per heavy atom. The van der Waals surface area contributed by atoms with E-state index in [4.69, 9.17) is 10.6 Å². The van der Waals surface area contributed by atoms with Gasteiger partial charge in [-0.2, -0.15) is 0 Å². The first kappa shape index (κ1) is 19.2. The number of aliphatic hydroxyl groups is 1. The SMILES string of the molecule is CC(=NOCCN)C1=CCC2C3CC=C4CC(O)CCC4(C)C3CCC12C. The summed E-state index contributed by atoms with van der Waals surface area (Å²) in [5.74, 6) is 2.22. The van der Waals surface area contributed by atoms with Crippen LogP contribution in [0.25, 0.3) is 0 Å². The van der Waals surface area contributed by atoms with Crippen LogP contribution in [0.4, 0.5) is 0 Å². The van der Waals surface area contributed by atoms with Gasteiger partial charge in [0.2, 0.25) is 0 Å². The molecule has 0 saturated heterocycles. The molecule has 6 atom stereocenters. The second kappa shape index (κ2) is 7.04. The molecule has 2 fully saturated rings. The molecule has 0 aromatic carbocycles. The molecule has 0 radical (unpaired) electrons. The summed E-state index contributed by atoms with van der Waals surface area (Å²) in [4.78, 5) is 5.37. The standard InChI is InChI=1S/C23H36N2O2/c1-15(25-27-13-12-24)19-6-7-20-18-5-4-16-14-17(26)8-10-22(16,2)21(18)9-11-23(19,20)3/h4,6,17-18,20-21,26H,5,7-14,24H2,1-3H3. The smallest absolute Gasteiger partial charge is 0.129 e. The van der Waals surface area contributed by atoms with Gasteiger partial charge >= 0.3 is 0 Å². The number of allylic oxidation sites excluding steroid dienone is 3. The maximum absolute atomic E-state index is 10.2. The maximum atomic E-state index is 10.2. The normalized spacial score (nSPS) is 44.0. The number of nitrogens with two attached hydrogens (primary N) is 1. The van der Waals surface area contributed by atoms with E-state index < -0.39 is 0 Å². The molecule has 0 bridgehead atoms. The molecular formula is C23H36N2O2. The molecule has 4 heteroatoms. The fourth-order valence-electron chi connectivity index (χ4n) is 7.01. The van der Waals surface area contributed by atoms with Gasteiger partial charge in [-0.3, -0.25) is 0 Å². The van der Waals surface area contributed by atoms with E-state index in [9.17, 15) is 5.11 Å². The van der Waals surface area contributed by atoms with Gasteiger partial charge in [0.1, 0.15) is 6.61 Å². The second-order valence-electron chi connectivity index (χ2n) is 9.76. The molecule has 0 aliphatic heterocycles. The highest BCUT2D eigenvalue weighted by atomic mass is 16.6. The van der Waals surface area contributed by atoms with Gasteiger partial charge in [0, 0.05) is 6.54 Å². The van der Waals surface area contributed by atoms with Crippen LogP contribution in [0.15, 0.2) is 28.5 Å². The zero-order valence-electron chi connectivity index (χ0n) is 17.2. The van der Waals surface area contributed by atoms with Gasteiger partial charge in [-0.25, -0.2) is 0 Å². The zero-order chi connectivity index (χ0) is 19.2. The third kappa shape index (κ3) is 3.00. The third-order valence-corrected chi connectivity index (χ3v) is 8.46. The summed E-state index contributed by atoms with van der Waals surface area (Å²) in [5, 5.41) is 14.5. The van der Waals surface area contributed by atoms with E-state index in [0.29, 0.717) is 24.5 Å². The van der Waals surface area contributed by atoms with Gasteiger partial charge in [0.15, 0.2) is 0 Å². The molecule has 2 saturated carbocycles. The molecule has 0 aromatic rings. The van der Waals surface area contributed by atoms with Crippen molar-refractivity contribution in [3.8, 4) is 0 Å². The molecule has 0 heterocycles. The van der Waals surface area contributed by atoms with Crippen LogP contribution in [0.5, 0.6) is 0 Å². The minimum atomic E-state index is -0.123. The molecule has 27 heavy (non-hydrogen) atoms. The maximum Gasteiger partial charge on any atom is 0.129 e. The summed E-state index contributed by atoms with van der Waals surface area (Å²) in [6, 6.07) is 0. The molecule has 0 aromatic heterocycles. The summed E-state index contributed by atoms with van der Waals surface area (Å²) in [6.07, 6.45) is 12.7. The molecule has 4 rings (SSSR count). The van der Waals surface area contributed by atoms with Crippen LogP contribution in [-0.2, 0) is 4.84 Å². The largest absolute Gasteiger partial charge is 0.394 e. The van der Waals surface area contributed by atoms with Crippen molar-refractivity contribution in [2.75, 3.05) is 13.2 Å². The summed E-state index contributed by atoms with van der Waals surface area (Å²) >= 11 is 0. The Kier molecular flexibility index (Phi) is 5.00. The number of aliphatic hydroxyl groups excluding tert-OH is 1. The lowest BCUT2D eigenvalue weighted by Crippen LogP contribution is -2.50. The van der Waals surface area contributed by atoms with Gasteiger partial charge in [-0.1, -0.05) is 36.7 Å². The van der Waals surface area contributed by atoms with Gasteiger partial charge in [0.05, 0.1) is 11.8 Å². The molecule has 0 amide bonds. The fraction of sp³-hybridized carbons (Fsp3) is 0.783. The van der Waals surface area contributed by atoms with Crippen molar-refractivity contribution in [1.82, 2.24) is 0 Å². The van der Waals surface area contributed by atoms with Crippen molar-refractivity contribution in [2.24, 2.45) is 39.5 Å². The Morgan fingerprint density at radius 1 is 1.19 bits per heavy atom. The molecular weight excluding hydrogens is 336 g/mol. The van der Waals surface area contributed by atoms with Crippen LogP contribution in [0.1, 0.15) is 65.7 Å². The second-order valence-corrected chi connectivity index (χ2v) is 9.76. The minimum absolute atomic E-state index is 0.123. The predicted octanol–water partition coefficient (Wildman–Crippen LogP) is 4.20. The van der Waals surface area contributed by atoms with E-state index in [1.165, 1.54) is 31.3 Å². The first-order valence-electron chi connectivity index (χ1n) is 10.9. The van der Waals surface area contributed by atoms with Gasteiger partial charge in [-0.15, -0.1) is 0 Å². The van der Waals surface area contributed by atoms with Crippen LogP contribution >= 0.6 is 0 Å². The van der Waals surface area contributed by atoms with Crippen molar-refractivity contribution in [1.29, 1.82) is 0 Å². The summed E-state index contributed by atoms with van der Waals surface area (Å²) in [7, 11) is 0. The van der Waals surface area contributed by atoms with Crippen LogP contribution in [0.2, 0.25) is 0 Å². The number of oxime groups is 1. The molecule has 4 aliphatic rings. The number of hydrogen-bond acceptors (Lipinski definition) is 4. The molecule has 0 spiro atoms. The van der Waals surface area contributed by atoms with E-state index in [2.05, 4.69) is 38.1 Å². The van der Waals surface area contributed by atoms with E-state index in [1.54, 1.807) is 5.57 Å². The summed E-state index contributed by atoms with van der Waals surface area (Å²) in [5.41, 5.74) is 10.0. The van der Waals surface area contributed by atoms with Crippen LogP contribution in [-0.4, -0.2) is 30.1 Å². The van der Waals surface area contributed by atoms with Crippen LogP contribution in [0, 0.1) is 28.6 Å². The van der Waals surface area contributed by atoms with E-state index in [1.807, 2.05) is 0 Å². The van der Waals surface area contributed by atoms with E-state index in [0.717, 1.165) is 36.8 Å². The highest BCUT2D eigenvalue weighted by molar-refractivity contribution is 5.99. The molecule has 4 aliphatic carbocycles. The first-order valence-corrected chi connectivity index (χ1v) is 10.9. The summed E-state index contributed by atoms with van der Waals surface area (Å²) < 4.78 is 0. The van der Waals surface area contributed by atoms with Crippen LogP contribution in [0.3, 0.4) is 0 Å². The Labute approximate surface area is 163 Å². The molecule has 6 unspecified atom stereocenters. The van der Waals surface area contributed by atoms with Crippen LogP contribution < -0.4 is 5.73 Å².